The van der Waals surface area contributed by atoms with Gasteiger partial charge < -0.3 is 15.4 Å². The lowest BCUT2D eigenvalue weighted by molar-refractivity contribution is -0.134. The van der Waals surface area contributed by atoms with Gasteiger partial charge >= 0.3 is 0 Å². The van der Waals surface area contributed by atoms with Gasteiger partial charge in [-0.05, 0) is 50.1 Å². The summed E-state index contributed by atoms with van der Waals surface area (Å²) in [6, 6.07) is 8.10. The number of ether oxygens (including phenoxy) is 1. The van der Waals surface area contributed by atoms with Crippen LogP contribution in [0.2, 0.25) is 0 Å². The van der Waals surface area contributed by atoms with Crippen molar-refractivity contribution in [2.45, 2.75) is 45.1 Å². The summed E-state index contributed by atoms with van der Waals surface area (Å²) in [6.45, 7) is 3.20. The van der Waals surface area contributed by atoms with Crippen LogP contribution in [-0.4, -0.2) is 25.6 Å². The molecular weight excluding hydrogens is 336 g/mol. The minimum atomic E-state index is -0.179. The van der Waals surface area contributed by atoms with E-state index < -0.39 is 0 Å². The molecule has 1 aliphatic heterocycles. The summed E-state index contributed by atoms with van der Waals surface area (Å²) in [6.07, 6.45) is 7.22. The van der Waals surface area contributed by atoms with Gasteiger partial charge in [0.25, 0.3) is 0 Å². The van der Waals surface area contributed by atoms with E-state index in [0.29, 0.717) is 12.5 Å². The molecule has 0 radical (unpaired) electrons. The second-order valence-electron chi connectivity index (χ2n) is 7.77. The van der Waals surface area contributed by atoms with Gasteiger partial charge in [-0.1, -0.05) is 31.0 Å². The van der Waals surface area contributed by atoms with Crippen molar-refractivity contribution >= 4 is 18.3 Å². The van der Waals surface area contributed by atoms with Crippen LogP contribution < -0.4 is 15.4 Å². The molecule has 2 saturated carbocycles. The average Bonchev–Trinajstić information content (AvgIpc) is 3.34. The first-order chi connectivity index (χ1) is 11.8. The molecular formula is C20H29ClN2O2. The molecule has 2 aliphatic carbocycles. The Hall–Kier alpha value is -1.26. The Labute approximate surface area is 156 Å². The van der Waals surface area contributed by atoms with Crippen LogP contribution in [0.1, 0.15) is 44.1 Å². The molecule has 0 unspecified atom stereocenters. The second kappa shape index (κ2) is 7.96. The quantitative estimate of drug-likeness (QED) is 0.814. The number of carbonyl (C=O) groups excluding carboxylic acids is 1. The number of hydrogen-bond acceptors (Lipinski definition) is 3. The fraction of sp³-hybridized carbons (Fsp3) is 0.650. The first-order valence-corrected chi connectivity index (χ1v) is 9.48. The Morgan fingerprint density at radius 2 is 2.08 bits per heavy atom. The molecule has 1 heterocycles. The maximum Gasteiger partial charge on any atom is 0.228 e. The highest BCUT2D eigenvalue weighted by Crippen LogP contribution is 2.44. The monoisotopic (exact) mass is 364 g/mol. The third kappa shape index (κ3) is 3.95. The minimum absolute atomic E-state index is 0. The first kappa shape index (κ1) is 18.5. The maximum absolute atomic E-state index is 13.0. The van der Waals surface area contributed by atoms with Crippen LogP contribution >= 0.6 is 12.4 Å². The van der Waals surface area contributed by atoms with Gasteiger partial charge in [0, 0.05) is 18.7 Å². The molecule has 1 aromatic carbocycles. The lowest BCUT2D eigenvalue weighted by Gasteiger charge is -2.37. The molecule has 2 N–H and O–H groups in total. The summed E-state index contributed by atoms with van der Waals surface area (Å²) in [5, 5.41) is 6.67. The third-order valence-corrected chi connectivity index (χ3v) is 6.07. The van der Waals surface area contributed by atoms with Gasteiger partial charge in [0.15, 0.2) is 0 Å². The number of benzene rings is 1. The van der Waals surface area contributed by atoms with Crippen LogP contribution in [0.3, 0.4) is 0 Å². The van der Waals surface area contributed by atoms with Crippen LogP contribution in [0.15, 0.2) is 24.3 Å². The van der Waals surface area contributed by atoms with Crippen LogP contribution in [0, 0.1) is 17.3 Å². The van der Waals surface area contributed by atoms with Crippen molar-refractivity contribution < 1.29 is 9.53 Å². The lowest BCUT2D eigenvalue weighted by atomic mass is 9.67. The SMILES string of the molecule is Cl.O=C(NCc1ccccc1OCC1CC1)[C@@]12CCCC[C@H]1CNC2. The zero-order valence-electron chi connectivity index (χ0n) is 14.8. The molecule has 3 aliphatic rings. The molecule has 4 nitrogen and oxygen atoms in total. The number of para-hydroxylation sites is 1. The third-order valence-electron chi connectivity index (χ3n) is 6.07. The summed E-state index contributed by atoms with van der Waals surface area (Å²) < 4.78 is 5.96. The highest BCUT2D eigenvalue weighted by Gasteiger charge is 2.49. The van der Waals surface area contributed by atoms with E-state index in [2.05, 4.69) is 16.7 Å². The minimum Gasteiger partial charge on any atom is -0.493 e. The van der Waals surface area contributed by atoms with Crippen molar-refractivity contribution in [1.29, 1.82) is 0 Å². The van der Waals surface area contributed by atoms with Crippen molar-refractivity contribution in [3.63, 3.8) is 0 Å². The van der Waals surface area contributed by atoms with E-state index in [1.165, 1.54) is 32.1 Å². The molecule has 0 aromatic heterocycles. The van der Waals surface area contributed by atoms with E-state index in [9.17, 15) is 4.79 Å². The Morgan fingerprint density at radius 1 is 1.24 bits per heavy atom. The molecule has 3 fully saturated rings. The van der Waals surface area contributed by atoms with Crippen LogP contribution in [0.25, 0.3) is 0 Å². The highest BCUT2D eigenvalue weighted by atomic mass is 35.5. The van der Waals surface area contributed by atoms with Crippen molar-refractivity contribution in [3.05, 3.63) is 29.8 Å². The topological polar surface area (TPSA) is 50.4 Å². The number of rotatable bonds is 6. The number of hydrogen-bond donors (Lipinski definition) is 2. The Morgan fingerprint density at radius 3 is 2.92 bits per heavy atom. The number of fused-ring (bicyclic) bond motifs is 1. The van der Waals surface area contributed by atoms with E-state index in [1.807, 2.05) is 18.2 Å². The first-order valence-electron chi connectivity index (χ1n) is 9.48. The number of nitrogens with one attached hydrogen (secondary N) is 2. The van der Waals surface area contributed by atoms with Gasteiger partial charge in [0.2, 0.25) is 5.91 Å². The molecule has 1 aromatic rings. The van der Waals surface area contributed by atoms with Gasteiger partial charge in [-0.2, -0.15) is 0 Å². The van der Waals surface area contributed by atoms with Crippen molar-refractivity contribution in [2.24, 2.45) is 17.3 Å². The van der Waals surface area contributed by atoms with Crippen LogP contribution in [0.5, 0.6) is 5.75 Å². The highest BCUT2D eigenvalue weighted by molar-refractivity contribution is 5.85. The number of amides is 1. The van der Waals surface area contributed by atoms with E-state index in [1.54, 1.807) is 0 Å². The molecule has 1 saturated heterocycles. The lowest BCUT2D eigenvalue weighted by Crippen LogP contribution is -2.47. The number of carbonyl (C=O) groups is 1. The molecule has 4 rings (SSSR count). The zero-order valence-corrected chi connectivity index (χ0v) is 15.6. The van der Waals surface area contributed by atoms with E-state index in [-0.39, 0.29) is 23.7 Å². The fourth-order valence-electron chi connectivity index (χ4n) is 4.32. The molecule has 0 spiro atoms. The van der Waals surface area contributed by atoms with E-state index >= 15 is 0 Å². The van der Waals surface area contributed by atoms with E-state index in [4.69, 9.17) is 4.74 Å². The molecule has 138 valence electrons. The van der Waals surface area contributed by atoms with E-state index in [0.717, 1.165) is 43.3 Å². The smallest absolute Gasteiger partial charge is 0.228 e. The molecule has 25 heavy (non-hydrogen) atoms. The van der Waals surface area contributed by atoms with Gasteiger partial charge in [-0.15, -0.1) is 12.4 Å². The molecule has 5 heteroatoms. The average molecular weight is 365 g/mol. The summed E-state index contributed by atoms with van der Waals surface area (Å²) in [5.41, 5.74) is 0.906. The Kier molecular flexibility index (Phi) is 5.90. The zero-order chi connectivity index (χ0) is 16.4. The van der Waals surface area contributed by atoms with Gasteiger partial charge in [0.05, 0.1) is 12.0 Å². The molecule has 1 amide bonds. The molecule has 0 bridgehead atoms. The predicted molar refractivity (Wildman–Crippen MR) is 101 cm³/mol. The Bertz CT molecular complexity index is 605. The van der Waals surface area contributed by atoms with Crippen molar-refractivity contribution in [3.8, 4) is 5.75 Å². The normalized spacial score (nSPS) is 27.9. The summed E-state index contributed by atoms with van der Waals surface area (Å²) in [5.74, 6) is 2.40. The maximum atomic E-state index is 13.0. The van der Waals surface area contributed by atoms with Crippen LogP contribution in [0.4, 0.5) is 0 Å². The van der Waals surface area contributed by atoms with Gasteiger partial charge in [-0.25, -0.2) is 0 Å². The van der Waals surface area contributed by atoms with Crippen molar-refractivity contribution in [2.75, 3.05) is 19.7 Å². The largest absolute Gasteiger partial charge is 0.493 e. The van der Waals surface area contributed by atoms with Crippen LogP contribution in [-0.2, 0) is 11.3 Å². The second-order valence-corrected chi connectivity index (χ2v) is 7.77. The summed E-state index contributed by atoms with van der Waals surface area (Å²) in [4.78, 5) is 13.0. The number of halogens is 1. The molecule has 2 atom stereocenters. The fourth-order valence-corrected chi connectivity index (χ4v) is 4.32. The standard InChI is InChI=1S/C20H28N2O2.ClH/c23-19(20-10-4-3-6-17(20)12-21-14-20)22-11-16-5-1-2-7-18(16)24-13-15-8-9-15;/h1-2,5,7,15,17,21H,3-4,6,8-14H2,(H,22,23);1H/t17-,20+;/m0./s1. The predicted octanol–water partition coefficient (Wildman–Crippen LogP) is 3.29. The van der Waals surface area contributed by atoms with Crippen molar-refractivity contribution in [1.82, 2.24) is 10.6 Å². The van der Waals surface area contributed by atoms with Gasteiger partial charge in [0.1, 0.15) is 5.75 Å². The Balaban J connectivity index is 0.00000182. The summed E-state index contributed by atoms with van der Waals surface area (Å²) in [7, 11) is 0. The van der Waals surface area contributed by atoms with Gasteiger partial charge in [-0.3, -0.25) is 4.79 Å². The summed E-state index contributed by atoms with van der Waals surface area (Å²) >= 11 is 0.